The van der Waals surface area contributed by atoms with Gasteiger partial charge in [-0.1, -0.05) is 0 Å². The van der Waals surface area contributed by atoms with Crippen LogP contribution in [0.5, 0.6) is 5.75 Å². The molecule has 0 amide bonds. The average Bonchev–Trinajstić information content (AvgIpc) is 2.34. The summed E-state index contributed by atoms with van der Waals surface area (Å²) < 4.78 is 30.3. The first-order chi connectivity index (χ1) is 8.98. The number of hydrogen-bond donors (Lipinski definition) is 2. The predicted molar refractivity (Wildman–Crippen MR) is 70.8 cm³/mol. The van der Waals surface area contributed by atoms with Crippen molar-refractivity contribution in [2.75, 3.05) is 19.0 Å². The van der Waals surface area contributed by atoms with Crippen molar-refractivity contribution >= 4 is 11.6 Å². The number of halogens is 2. The molecule has 4 nitrogen and oxygen atoms in total. The van der Waals surface area contributed by atoms with Crippen LogP contribution in [-0.2, 0) is 0 Å². The van der Waals surface area contributed by atoms with Crippen LogP contribution < -0.4 is 15.8 Å². The van der Waals surface area contributed by atoms with E-state index in [0.717, 1.165) is 11.4 Å². The van der Waals surface area contributed by atoms with E-state index in [4.69, 9.17) is 10.5 Å². The molecule has 0 unspecified atom stereocenters. The Hall–Kier alpha value is -1.85. The van der Waals surface area contributed by atoms with E-state index in [0.29, 0.717) is 6.54 Å². The molecule has 0 saturated heterocycles. The van der Waals surface area contributed by atoms with Crippen LogP contribution >= 0.6 is 0 Å². The van der Waals surface area contributed by atoms with E-state index in [1.165, 1.54) is 0 Å². The molecule has 0 bridgehead atoms. The van der Waals surface area contributed by atoms with Crippen LogP contribution in [0.25, 0.3) is 0 Å². The van der Waals surface area contributed by atoms with Crippen molar-refractivity contribution in [3.8, 4) is 5.75 Å². The molecular weight excluding hydrogens is 252 g/mol. The van der Waals surface area contributed by atoms with Gasteiger partial charge in [0.1, 0.15) is 5.75 Å². The van der Waals surface area contributed by atoms with Crippen LogP contribution in [0.2, 0.25) is 0 Å². The molecule has 0 atom stereocenters. The third-order valence-corrected chi connectivity index (χ3v) is 3.06. The quantitative estimate of drug-likeness (QED) is 0.652. The zero-order valence-electron chi connectivity index (χ0n) is 10.7. The van der Waals surface area contributed by atoms with Crippen LogP contribution in [0.1, 0.15) is 12.8 Å². The maximum absolute atomic E-state index is 12.6. The first-order valence-electron chi connectivity index (χ1n) is 6.07. The number of hydrogen-bond acceptors (Lipinski definition) is 2. The molecule has 104 valence electrons. The number of anilines is 1. The van der Waals surface area contributed by atoms with Gasteiger partial charge in [-0.25, -0.2) is 8.78 Å². The summed E-state index contributed by atoms with van der Waals surface area (Å²) in [5.74, 6) is -1.58. The van der Waals surface area contributed by atoms with Gasteiger partial charge < -0.3 is 15.8 Å². The van der Waals surface area contributed by atoms with Crippen LogP contribution in [-0.4, -0.2) is 25.5 Å². The smallest absolute Gasteiger partial charge is 0.248 e. The number of nitrogens with one attached hydrogen (secondary N) is 1. The molecule has 0 aromatic heterocycles. The Bertz CT molecular complexity index is 451. The lowest BCUT2D eigenvalue weighted by atomic mass is 9.81. The maximum atomic E-state index is 12.6. The molecule has 3 N–H and O–H groups in total. The fourth-order valence-corrected chi connectivity index (χ4v) is 2.00. The number of nitrogens with zero attached hydrogens (tertiary/aromatic N) is 1. The zero-order chi connectivity index (χ0) is 13.9. The number of rotatable bonds is 4. The van der Waals surface area contributed by atoms with Crippen molar-refractivity contribution in [2.24, 2.45) is 16.6 Å². The van der Waals surface area contributed by atoms with Crippen LogP contribution in [0.15, 0.2) is 29.3 Å². The van der Waals surface area contributed by atoms with Crippen molar-refractivity contribution < 1.29 is 13.5 Å². The molecule has 0 heterocycles. The maximum Gasteiger partial charge on any atom is 0.248 e. The lowest BCUT2D eigenvalue weighted by Gasteiger charge is -2.33. The standard InChI is InChI=1S/C13H17F2N3O/c1-19-11-4-2-10(3-5-11)18-12(16)17-8-9-6-13(14,15)7-9/h2-5,9H,6-8H2,1H3,(H3,16,17,18). The van der Waals surface area contributed by atoms with E-state index < -0.39 is 5.92 Å². The van der Waals surface area contributed by atoms with E-state index in [-0.39, 0.29) is 24.7 Å². The highest BCUT2D eigenvalue weighted by Gasteiger charge is 2.44. The van der Waals surface area contributed by atoms with Crippen molar-refractivity contribution in [3.05, 3.63) is 24.3 Å². The van der Waals surface area contributed by atoms with Crippen molar-refractivity contribution in [2.45, 2.75) is 18.8 Å². The second-order valence-corrected chi connectivity index (χ2v) is 4.71. The van der Waals surface area contributed by atoms with Gasteiger partial charge in [0.2, 0.25) is 5.92 Å². The molecule has 6 heteroatoms. The molecule has 1 saturated carbocycles. The summed E-state index contributed by atoms with van der Waals surface area (Å²) >= 11 is 0. The highest BCUT2D eigenvalue weighted by atomic mass is 19.3. The zero-order valence-corrected chi connectivity index (χ0v) is 10.7. The topological polar surface area (TPSA) is 59.6 Å². The highest BCUT2D eigenvalue weighted by molar-refractivity contribution is 5.92. The summed E-state index contributed by atoms with van der Waals surface area (Å²) in [6.45, 7) is 0.338. The summed E-state index contributed by atoms with van der Waals surface area (Å²) in [6.07, 6.45) is -0.182. The minimum absolute atomic E-state index is 0.0637. The minimum Gasteiger partial charge on any atom is -0.497 e. The SMILES string of the molecule is COc1ccc(NC(N)=NCC2CC(F)(F)C2)cc1. The van der Waals surface area contributed by atoms with Gasteiger partial charge in [-0.2, -0.15) is 0 Å². The molecular formula is C13H17F2N3O. The summed E-state index contributed by atoms with van der Waals surface area (Å²) in [7, 11) is 1.59. The molecule has 1 aliphatic carbocycles. The molecule has 19 heavy (non-hydrogen) atoms. The Morgan fingerprint density at radius 2 is 2.05 bits per heavy atom. The Balaban J connectivity index is 1.81. The van der Waals surface area contributed by atoms with Gasteiger partial charge in [0, 0.05) is 25.1 Å². The van der Waals surface area contributed by atoms with E-state index in [1.807, 2.05) is 0 Å². The Labute approximate surface area is 110 Å². The molecule has 1 aliphatic rings. The lowest BCUT2D eigenvalue weighted by molar-refractivity contribution is -0.107. The van der Waals surface area contributed by atoms with Gasteiger partial charge >= 0.3 is 0 Å². The Kier molecular flexibility index (Phi) is 3.87. The number of methoxy groups -OCH3 is 1. The van der Waals surface area contributed by atoms with E-state index in [1.54, 1.807) is 31.4 Å². The van der Waals surface area contributed by atoms with Gasteiger partial charge in [0.05, 0.1) is 7.11 Å². The second-order valence-electron chi connectivity index (χ2n) is 4.71. The normalized spacial score (nSPS) is 18.8. The third kappa shape index (κ3) is 3.81. The number of aliphatic imine (C=N–C) groups is 1. The van der Waals surface area contributed by atoms with Crippen molar-refractivity contribution in [3.63, 3.8) is 0 Å². The molecule has 1 aromatic rings. The van der Waals surface area contributed by atoms with Crippen molar-refractivity contribution in [1.82, 2.24) is 0 Å². The summed E-state index contributed by atoms with van der Waals surface area (Å²) in [5, 5.41) is 2.90. The molecule has 1 fully saturated rings. The van der Waals surface area contributed by atoms with Gasteiger partial charge in [-0.3, -0.25) is 4.99 Å². The first-order valence-corrected chi connectivity index (χ1v) is 6.07. The number of nitrogens with two attached hydrogens (primary N) is 1. The largest absolute Gasteiger partial charge is 0.497 e. The average molecular weight is 269 g/mol. The fourth-order valence-electron chi connectivity index (χ4n) is 2.00. The lowest BCUT2D eigenvalue weighted by Crippen LogP contribution is -2.37. The fraction of sp³-hybridized carbons (Fsp3) is 0.462. The number of alkyl halides is 2. The van der Waals surface area contributed by atoms with Crippen LogP contribution in [0.4, 0.5) is 14.5 Å². The summed E-state index contributed by atoms with van der Waals surface area (Å²) in [5.41, 5.74) is 6.47. The minimum atomic E-state index is -2.50. The van der Waals surface area contributed by atoms with Gasteiger partial charge in [0.15, 0.2) is 5.96 Å². The summed E-state index contributed by atoms with van der Waals surface area (Å²) in [6, 6.07) is 7.20. The monoisotopic (exact) mass is 269 g/mol. The van der Waals surface area contributed by atoms with Gasteiger partial charge in [0.25, 0.3) is 0 Å². The molecule has 0 radical (unpaired) electrons. The number of guanidine groups is 1. The molecule has 0 aliphatic heterocycles. The van der Waals surface area contributed by atoms with E-state index in [9.17, 15) is 8.78 Å². The van der Waals surface area contributed by atoms with Crippen molar-refractivity contribution in [1.29, 1.82) is 0 Å². The number of benzene rings is 1. The Morgan fingerprint density at radius 3 is 2.58 bits per heavy atom. The number of ether oxygens (including phenoxy) is 1. The van der Waals surface area contributed by atoms with Gasteiger partial charge in [-0.15, -0.1) is 0 Å². The third-order valence-electron chi connectivity index (χ3n) is 3.06. The molecule has 1 aromatic carbocycles. The first kappa shape index (κ1) is 13.6. The van der Waals surface area contributed by atoms with Crippen LogP contribution in [0, 0.1) is 5.92 Å². The van der Waals surface area contributed by atoms with E-state index >= 15 is 0 Å². The highest BCUT2D eigenvalue weighted by Crippen LogP contribution is 2.42. The molecule has 0 spiro atoms. The van der Waals surface area contributed by atoms with Crippen LogP contribution in [0.3, 0.4) is 0 Å². The summed E-state index contributed by atoms with van der Waals surface area (Å²) in [4.78, 5) is 4.07. The van der Waals surface area contributed by atoms with Gasteiger partial charge in [-0.05, 0) is 30.2 Å². The second kappa shape index (κ2) is 5.42. The predicted octanol–water partition coefficient (Wildman–Crippen LogP) is 2.47. The Morgan fingerprint density at radius 1 is 1.42 bits per heavy atom. The molecule has 2 rings (SSSR count). The van der Waals surface area contributed by atoms with E-state index in [2.05, 4.69) is 10.3 Å².